The largest absolute Gasteiger partial charge is 0.352 e. The Morgan fingerprint density at radius 3 is 2.61 bits per heavy atom. The van der Waals surface area contributed by atoms with E-state index in [2.05, 4.69) is 28.1 Å². The highest BCUT2D eigenvalue weighted by molar-refractivity contribution is 6.30. The second-order valence-corrected chi connectivity index (χ2v) is 7.31. The van der Waals surface area contributed by atoms with E-state index in [0.717, 1.165) is 37.7 Å². The van der Waals surface area contributed by atoms with Crippen LogP contribution in [-0.2, 0) is 11.3 Å². The molecule has 1 N–H and O–H groups in total. The molecule has 0 spiro atoms. The van der Waals surface area contributed by atoms with Gasteiger partial charge in [-0.25, -0.2) is 0 Å². The smallest absolute Gasteiger partial charge is 0.234 e. The predicted molar refractivity (Wildman–Crippen MR) is 93.5 cm³/mol. The van der Waals surface area contributed by atoms with Gasteiger partial charge in [-0.05, 0) is 43.4 Å². The minimum atomic E-state index is 0.174. The summed E-state index contributed by atoms with van der Waals surface area (Å²) in [5.41, 5.74) is 1.25. The van der Waals surface area contributed by atoms with Gasteiger partial charge in [0.25, 0.3) is 0 Å². The summed E-state index contributed by atoms with van der Waals surface area (Å²) < 4.78 is 0. The molecule has 1 aromatic carbocycles. The third-order valence-electron chi connectivity index (χ3n) is 4.85. The van der Waals surface area contributed by atoms with Gasteiger partial charge in [0.2, 0.25) is 5.91 Å². The molecular weight excluding hydrogens is 310 g/mol. The molecule has 1 aliphatic carbocycles. The first-order valence-electron chi connectivity index (χ1n) is 8.58. The highest BCUT2D eigenvalue weighted by Crippen LogP contribution is 2.32. The third kappa shape index (κ3) is 5.20. The van der Waals surface area contributed by atoms with Crippen molar-refractivity contribution in [3.8, 4) is 0 Å². The van der Waals surface area contributed by atoms with Gasteiger partial charge in [0.05, 0.1) is 6.54 Å². The van der Waals surface area contributed by atoms with Gasteiger partial charge < -0.3 is 5.32 Å². The molecule has 4 nitrogen and oxygen atoms in total. The Balaban J connectivity index is 1.38. The highest BCUT2D eigenvalue weighted by Gasteiger charge is 2.29. The average Bonchev–Trinajstić information content (AvgIpc) is 3.34. The first kappa shape index (κ1) is 16.7. The molecule has 23 heavy (non-hydrogen) atoms. The normalized spacial score (nSPS) is 21.1. The number of benzene rings is 1. The maximum atomic E-state index is 12.1. The maximum absolute atomic E-state index is 12.1. The Hall–Kier alpha value is -1.10. The van der Waals surface area contributed by atoms with Crippen molar-refractivity contribution in [2.75, 3.05) is 32.7 Å². The second kappa shape index (κ2) is 7.65. The number of carbonyl (C=O) groups is 1. The summed E-state index contributed by atoms with van der Waals surface area (Å²) in [6.45, 7) is 7.48. The van der Waals surface area contributed by atoms with Gasteiger partial charge in [0, 0.05) is 43.8 Å². The van der Waals surface area contributed by atoms with Crippen LogP contribution >= 0.6 is 11.6 Å². The molecule has 1 amide bonds. The van der Waals surface area contributed by atoms with E-state index in [9.17, 15) is 4.79 Å². The molecule has 0 bridgehead atoms. The van der Waals surface area contributed by atoms with Crippen molar-refractivity contribution < 1.29 is 4.79 Å². The van der Waals surface area contributed by atoms with Crippen LogP contribution in [-0.4, -0.2) is 54.5 Å². The molecule has 1 aromatic rings. The van der Waals surface area contributed by atoms with E-state index >= 15 is 0 Å². The fourth-order valence-electron chi connectivity index (χ4n) is 3.22. The number of rotatable bonds is 6. The first-order chi connectivity index (χ1) is 11.1. The van der Waals surface area contributed by atoms with Crippen molar-refractivity contribution in [3.05, 3.63) is 34.9 Å². The highest BCUT2D eigenvalue weighted by atomic mass is 35.5. The number of hydrogen-bond donors (Lipinski definition) is 1. The topological polar surface area (TPSA) is 35.6 Å². The SMILES string of the molecule is C[C@H](NC(=O)CN1CCN(Cc2cccc(Cl)c2)CC1)C1CC1. The number of hydrogen-bond acceptors (Lipinski definition) is 3. The number of nitrogens with zero attached hydrogens (tertiary/aromatic N) is 2. The van der Waals surface area contributed by atoms with Crippen molar-refractivity contribution >= 4 is 17.5 Å². The van der Waals surface area contributed by atoms with Crippen LogP contribution in [0.4, 0.5) is 0 Å². The van der Waals surface area contributed by atoms with E-state index in [-0.39, 0.29) is 5.91 Å². The summed E-state index contributed by atoms with van der Waals surface area (Å²) in [4.78, 5) is 16.8. The summed E-state index contributed by atoms with van der Waals surface area (Å²) in [7, 11) is 0. The Labute approximate surface area is 143 Å². The molecule has 2 aliphatic rings. The van der Waals surface area contributed by atoms with Gasteiger partial charge in [-0.15, -0.1) is 0 Å². The van der Waals surface area contributed by atoms with Crippen molar-refractivity contribution in [2.45, 2.75) is 32.4 Å². The van der Waals surface area contributed by atoms with Gasteiger partial charge in [-0.3, -0.25) is 14.6 Å². The fraction of sp³-hybridized carbons (Fsp3) is 0.611. The molecule has 1 saturated carbocycles. The maximum Gasteiger partial charge on any atom is 0.234 e. The molecular formula is C18H26ClN3O. The number of carbonyl (C=O) groups excluding carboxylic acids is 1. The molecule has 2 fully saturated rings. The van der Waals surface area contributed by atoms with Crippen LogP contribution in [0.3, 0.4) is 0 Å². The van der Waals surface area contributed by atoms with Crippen molar-refractivity contribution in [2.24, 2.45) is 5.92 Å². The lowest BCUT2D eigenvalue weighted by molar-refractivity contribution is -0.123. The van der Waals surface area contributed by atoms with E-state index in [1.165, 1.54) is 18.4 Å². The Kier molecular flexibility index (Phi) is 5.57. The zero-order valence-corrected chi connectivity index (χ0v) is 14.6. The minimum absolute atomic E-state index is 0.174. The van der Waals surface area contributed by atoms with E-state index in [4.69, 9.17) is 11.6 Å². The molecule has 1 saturated heterocycles. The zero-order valence-electron chi connectivity index (χ0n) is 13.8. The Bertz CT molecular complexity index is 539. The average molecular weight is 336 g/mol. The van der Waals surface area contributed by atoms with Crippen LogP contribution in [0.25, 0.3) is 0 Å². The summed E-state index contributed by atoms with van der Waals surface area (Å²) >= 11 is 6.04. The second-order valence-electron chi connectivity index (χ2n) is 6.88. The molecule has 0 aromatic heterocycles. The standard InChI is InChI=1S/C18H26ClN3O/c1-14(16-5-6-16)20-18(23)13-22-9-7-21(8-10-22)12-15-3-2-4-17(19)11-15/h2-4,11,14,16H,5-10,12-13H2,1H3,(H,20,23)/t14-/m0/s1. The van der Waals surface area contributed by atoms with Crippen molar-refractivity contribution in [3.63, 3.8) is 0 Å². The molecule has 1 heterocycles. The molecule has 126 valence electrons. The van der Waals surface area contributed by atoms with Gasteiger partial charge in [-0.1, -0.05) is 23.7 Å². The lowest BCUT2D eigenvalue weighted by atomic mass is 10.2. The third-order valence-corrected chi connectivity index (χ3v) is 5.08. The van der Waals surface area contributed by atoms with Crippen LogP contribution in [0, 0.1) is 5.92 Å². The summed E-state index contributed by atoms with van der Waals surface area (Å²) in [5.74, 6) is 0.890. The summed E-state index contributed by atoms with van der Waals surface area (Å²) in [6, 6.07) is 8.39. The van der Waals surface area contributed by atoms with Crippen LogP contribution in [0.1, 0.15) is 25.3 Å². The van der Waals surface area contributed by atoms with Crippen LogP contribution in [0.15, 0.2) is 24.3 Å². The van der Waals surface area contributed by atoms with Crippen molar-refractivity contribution in [1.82, 2.24) is 15.1 Å². The number of amides is 1. The van der Waals surface area contributed by atoms with Gasteiger partial charge in [0.15, 0.2) is 0 Å². The predicted octanol–water partition coefficient (Wildman–Crippen LogP) is 2.37. The fourth-order valence-corrected chi connectivity index (χ4v) is 3.43. The molecule has 0 unspecified atom stereocenters. The Morgan fingerprint density at radius 2 is 1.96 bits per heavy atom. The van der Waals surface area contributed by atoms with Crippen molar-refractivity contribution in [1.29, 1.82) is 0 Å². The van der Waals surface area contributed by atoms with Crippen LogP contribution in [0.2, 0.25) is 5.02 Å². The van der Waals surface area contributed by atoms with Gasteiger partial charge >= 0.3 is 0 Å². The van der Waals surface area contributed by atoms with E-state index < -0.39 is 0 Å². The lowest BCUT2D eigenvalue weighted by Crippen LogP contribution is -2.50. The quantitative estimate of drug-likeness (QED) is 0.867. The molecule has 5 heteroatoms. The minimum Gasteiger partial charge on any atom is -0.352 e. The molecule has 0 radical (unpaired) electrons. The Morgan fingerprint density at radius 1 is 1.26 bits per heavy atom. The number of piperazine rings is 1. The number of halogens is 1. The first-order valence-corrected chi connectivity index (χ1v) is 8.96. The molecule has 3 rings (SSSR count). The zero-order chi connectivity index (χ0) is 16.2. The molecule has 1 aliphatic heterocycles. The van der Waals surface area contributed by atoms with E-state index in [1.54, 1.807) is 0 Å². The van der Waals surface area contributed by atoms with Gasteiger partial charge in [-0.2, -0.15) is 0 Å². The van der Waals surface area contributed by atoms with E-state index in [0.29, 0.717) is 18.5 Å². The summed E-state index contributed by atoms with van der Waals surface area (Å²) in [5, 5.41) is 3.93. The molecule has 1 atom stereocenters. The summed E-state index contributed by atoms with van der Waals surface area (Å²) in [6.07, 6.45) is 2.53. The van der Waals surface area contributed by atoms with Gasteiger partial charge in [0.1, 0.15) is 0 Å². The number of nitrogens with one attached hydrogen (secondary N) is 1. The van der Waals surface area contributed by atoms with Crippen LogP contribution < -0.4 is 5.32 Å². The monoisotopic (exact) mass is 335 g/mol. The lowest BCUT2D eigenvalue weighted by Gasteiger charge is -2.34. The van der Waals surface area contributed by atoms with E-state index in [1.807, 2.05) is 18.2 Å². The van der Waals surface area contributed by atoms with Crippen LogP contribution in [0.5, 0.6) is 0 Å².